The van der Waals surface area contributed by atoms with Gasteiger partial charge in [-0.3, -0.25) is 14.2 Å². The molecule has 10 heteroatoms. The molecule has 0 saturated heterocycles. The summed E-state index contributed by atoms with van der Waals surface area (Å²) in [7, 11) is 0. The molecule has 0 aliphatic carbocycles. The van der Waals surface area contributed by atoms with E-state index >= 15 is 0 Å². The van der Waals surface area contributed by atoms with E-state index in [2.05, 4.69) is 9.97 Å². The topological polar surface area (TPSA) is 124 Å². The van der Waals surface area contributed by atoms with Gasteiger partial charge in [0, 0.05) is 12.4 Å². The van der Waals surface area contributed by atoms with E-state index in [1.807, 2.05) is 0 Å². The number of aromatic nitrogens is 3. The molecular formula is C19H14N4O6. The van der Waals surface area contributed by atoms with Crippen LogP contribution in [0.1, 0.15) is 20.7 Å². The number of fused-ring (bicyclic) bond motifs is 1. The van der Waals surface area contributed by atoms with E-state index in [0.29, 0.717) is 16.6 Å². The molecule has 3 aromatic rings. The lowest BCUT2D eigenvalue weighted by atomic mass is 10.1. The van der Waals surface area contributed by atoms with Gasteiger partial charge >= 0.3 is 5.97 Å². The molecule has 1 unspecified atom stereocenters. The smallest absolute Gasteiger partial charge is 0.339 e. The summed E-state index contributed by atoms with van der Waals surface area (Å²) in [6, 6.07) is 9.41. The molecule has 4 rings (SSSR count). The summed E-state index contributed by atoms with van der Waals surface area (Å²) < 4.78 is 7.11. The lowest BCUT2D eigenvalue weighted by Gasteiger charge is -2.19. The first-order valence-corrected chi connectivity index (χ1v) is 8.49. The number of carboxylic acids is 1. The van der Waals surface area contributed by atoms with Crippen LogP contribution in [-0.4, -0.2) is 55.2 Å². The summed E-state index contributed by atoms with van der Waals surface area (Å²) in [5.41, 5.74) is 0.309. The Labute approximate surface area is 163 Å². The van der Waals surface area contributed by atoms with Crippen molar-refractivity contribution in [3.63, 3.8) is 0 Å². The van der Waals surface area contributed by atoms with Crippen molar-refractivity contribution in [3.8, 4) is 11.6 Å². The zero-order chi connectivity index (χ0) is 20.4. The summed E-state index contributed by atoms with van der Waals surface area (Å²) in [5.74, 6) is -1.92. The molecule has 146 valence electrons. The SMILES string of the molecule is O=C(O)C(COc1ccc(-n2ccnc2)nc1)ON1C(=O)c2ccccc2C1=O. The van der Waals surface area contributed by atoms with E-state index in [4.69, 9.17) is 9.57 Å². The van der Waals surface area contributed by atoms with Gasteiger partial charge in [-0.15, -0.1) is 5.06 Å². The van der Waals surface area contributed by atoms with Gasteiger partial charge in [-0.1, -0.05) is 12.1 Å². The van der Waals surface area contributed by atoms with Gasteiger partial charge in [-0.25, -0.2) is 19.6 Å². The number of hydrogen-bond donors (Lipinski definition) is 1. The molecule has 2 aromatic heterocycles. The number of benzene rings is 1. The average molecular weight is 394 g/mol. The Morgan fingerprint density at radius 3 is 2.38 bits per heavy atom. The predicted molar refractivity (Wildman–Crippen MR) is 96.3 cm³/mol. The molecule has 3 heterocycles. The maximum atomic E-state index is 12.3. The molecule has 0 fully saturated rings. The normalized spacial score (nSPS) is 14.0. The highest BCUT2D eigenvalue weighted by Crippen LogP contribution is 2.23. The van der Waals surface area contributed by atoms with Crippen LogP contribution in [0.15, 0.2) is 61.3 Å². The average Bonchev–Trinajstić information content (AvgIpc) is 3.35. The van der Waals surface area contributed by atoms with E-state index in [1.54, 1.807) is 47.6 Å². The molecule has 1 aromatic carbocycles. The van der Waals surface area contributed by atoms with Crippen molar-refractivity contribution in [2.45, 2.75) is 6.10 Å². The van der Waals surface area contributed by atoms with E-state index in [1.165, 1.54) is 18.3 Å². The van der Waals surface area contributed by atoms with Crippen LogP contribution < -0.4 is 4.74 Å². The minimum atomic E-state index is -1.58. The maximum absolute atomic E-state index is 12.3. The Morgan fingerprint density at radius 2 is 1.83 bits per heavy atom. The van der Waals surface area contributed by atoms with Crippen molar-refractivity contribution >= 4 is 17.8 Å². The van der Waals surface area contributed by atoms with Crippen molar-refractivity contribution in [1.82, 2.24) is 19.6 Å². The van der Waals surface area contributed by atoms with Gasteiger partial charge in [-0.05, 0) is 24.3 Å². The molecule has 1 N–H and O–H groups in total. The van der Waals surface area contributed by atoms with Crippen LogP contribution in [0.2, 0.25) is 0 Å². The Balaban J connectivity index is 1.42. The van der Waals surface area contributed by atoms with Gasteiger partial charge < -0.3 is 9.84 Å². The van der Waals surface area contributed by atoms with E-state index in [9.17, 15) is 19.5 Å². The van der Waals surface area contributed by atoms with Gasteiger partial charge in [0.15, 0.2) is 0 Å². The first-order chi connectivity index (χ1) is 14.0. The van der Waals surface area contributed by atoms with Gasteiger partial charge in [0.1, 0.15) is 24.5 Å². The second-order valence-electron chi connectivity index (χ2n) is 6.02. The number of hydroxylamine groups is 2. The number of aliphatic carboxylic acids is 1. The summed E-state index contributed by atoms with van der Waals surface area (Å²) in [6.45, 7) is -0.436. The monoisotopic (exact) mass is 394 g/mol. The van der Waals surface area contributed by atoms with Gasteiger partial charge in [0.2, 0.25) is 6.10 Å². The van der Waals surface area contributed by atoms with E-state index in [0.717, 1.165) is 0 Å². The summed E-state index contributed by atoms with van der Waals surface area (Å²) in [5, 5.41) is 9.84. The number of imide groups is 1. The fourth-order valence-corrected chi connectivity index (χ4v) is 2.71. The highest BCUT2D eigenvalue weighted by Gasteiger charge is 2.39. The van der Waals surface area contributed by atoms with Gasteiger partial charge in [0.25, 0.3) is 11.8 Å². The van der Waals surface area contributed by atoms with Gasteiger partial charge in [-0.2, -0.15) is 0 Å². The highest BCUT2D eigenvalue weighted by molar-refractivity contribution is 6.20. The van der Waals surface area contributed by atoms with Crippen molar-refractivity contribution in [2.75, 3.05) is 6.61 Å². The first-order valence-electron chi connectivity index (χ1n) is 8.49. The molecule has 0 radical (unpaired) electrons. The molecule has 29 heavy (non-hydrogen) atoms. The Bertz CT molecular complexity index is 1030. The number of hydrogen-bond acceptors (Lipinski definition) is 7. The number of rotatable bonds is 7. The van der Waals surface area contributed by atoms with Crippen molar-refractivity contribution in [3.05, 3.63) is 72.4 Å². The second kappa shape index (κ2) is 7.52. The summed E-state index contributed by atoms with van der Waals surface area (Å²) in [6.07, 6.45) is 4.75. The van der Waals surface area contributed by atoms with Crippen LogP contribution in [0.3, 0.4) is 0 Å². The molecule has 1 aliphatic rings. The summed E-state index contributed by atoms with van der Waals surface area (Å²) in [4.78, 5) is 49.4. The minimum Gasteiger partial charge on any atom is -0.489 e. The lowest BCUT2D eigenvalue weighted by molar-refractivity contribution is -0.178. The number of pyridine rings is 1. The Morgan fingerprint density at radius 1 is 1.10 bits per heavy atom. The minimum absolute atomic E-state index is 0.154. The number of ether oxygens (including phenoxy) is 1. The number of imidazole rings is 1. The first kappa shape index (κ1) is 18.3. The van der Waals surface area contributed by atoms with Crippen molar-refractivity contribution < 1.29 is 29.1 Å². The Kier molecular flexibility index (Phi) is 4.75. The molecule has 0 spiro atoms. The molecular weight excluding hydrogens is 380 g/mol. The molecule has 1 atom stereocenters. The predicted octanol–water partition coefficient (Wildman–Crippen LogP) is 1.33. The van der Waals surface area contributed by atoms with E-state index < -0.39 is 30.5 Å². The molecule has 0 saturated carbocycles. The van der Waals surface area contributed by atoms with Crippen molar-refractivity contribution in [2.24, 2.45) is 0 Å². The number of carbonyl (C=O) groups excluding carboxylic acids is 2. The zero-order valence-corrected chi connectivity index (χ0v) is 14.8. The van der Waals surface area contributed by atoms with Crippen LogP contribution in [0.5, 0.6) is 5.75 Å². The number of amides is 2. The molecule has 10 nitrogen and oxygen atoms in total. The highest BCUT2D eigenvalue weighted by atomic mass is 16.7. The van der Waals surface area contributed by atoms with Crippen LogP contribution in [0, 0.1) is 0 Å². The zero-order valence-electron chi connectivity index (χ0n) is 14.8. The van der Waals surface area contributed by atoms with Crippen LogP contribution >= 0.6 is 0 Å². The van der Waals surface area contributed by atoms with Crippen LogP contribution in [-0.2, 0) is 9.63 Å². The molecule has 0 bridgehead atoms. The Hall–Kier alpha value is -4.05. The number of nitrogens with zero attached hydrogens (tertiary/aromatic N) is 4. The van der Waals surface area contributed by atoms with Crippen molar-refractivity contribution in [1.29, 1.82) is 0 Å². The maximum Gasteiger partial charge on any atom is 0.339 e. The third kappa shape index (κ3) is 3.56. The standard InChI is InChI=1S/C19H14N4O6/c24-17-13-3-1-2-4-14(13)18(25)23(17)29-15(19(26)27)10-28-12-5-6-16(21-9-12)22-8-7-20-11-22/h1-9,11,15H,10H2,(H,26,27). The van der Waals surface area contributed by atoms with Crippen LogP contribution in [0.25, 0.3) is 5.82 Å². The molecule has 2 amide bonds. The molecule has 1 aliphatic heterocycles. The van der Waals surface area contributed by atoms with Gasteiger partial charge in [0.05, 0.1) is 17.3 Å². The number of carbonyl (C=O) groups is 3. The fraction of sp³-hybridized carbons (Fsp3) is 0.105. The van der Waals surface area contributed by atoms with E-state index in [-0.39, 0.29) is 11.1 Å². The summed E-state index contributed by atoms with van der Waals surface area (Å²) >= 11 is 0. The number of carboxylic acid groups (broad SMARTS) is 1. The second-order valence-corrected chi connectivity index (χ2v) is 6.02. The lowest BCUT2D eigenvalue weighted by Crippen LogP contribution is -2.41. The third-order valence-electron chi connectivity index (χ3n) is 4.16. The van der Waals surface area contributed by atoms with Crippen LogP contribution in [0.4, 0.5) is 0 Å². The third-order valence-corrected chi connectivity index (χ3v) is 4.16. The largest absolute Gasteiger partial charge is 0.489 e. The fourth-order valence-electron chi connectivity index (χ4n) is 2.71. The quantitative estimate of drug-likeness (QED) is 0.595.